The average Bonchev–Trinajstić information content (AvgIpc) is 3.06. The lowest BCUT2D eigenvalue weighted by Crippen LogP contribution is -2.51. The lowest BCUT2D eigenvalue weighted by molar-refractivity contribution is -0.139. The molecule has 0 saturated carbocycles. The first-order chi connectivity index (χ1) is 13.0. The summed E-state index contributed by atoms with van der Waals surface area (Å²) in [5.74, 6) is 0.696. The number of amides is 2. The van der Waals surface area contributed by atoms with E-state index < -0.39 is 0 Å². The van der Waals surface area contributed by atoms with Gasteiger partial charge in [0.05, 0.1) is 19.1 Å². The van der Waals surface area contributed by atoms with Crippen molar-refractivity contribution in [3.8, 4) is 5.75 Å². The Kier molecular flexibility index (Phi) is 10.2. The fourth-order valence-corrected chi connectivity index (χ4v) is 3.90. The number of likely N-dealkylation sites (N-methyl/N-ethyl adjacent to an activating group) is 1. The van der Waals surface area contributed by atoms with Gasteiger partial charge in [0.2, 0.25) is 11.8 Å². The zero-order valence-electron chi connectivity index (χ0n) is 17.3. The summed E-state index contributed by atoms with van der Waals surface area (Å²) in [6.45, 7) is 4.11. The van der Waals surface area contributed by atoms with Gasteiger partial charge in [-0.3, -0.25) is 9.59 Å². The lowest BCUT2D eigenvalue weighted by atomic mass is 9.99. The zero-order chi connectivity index (χ0) is 19.4. The molecular formula is C20H32Cl2N4O3. The molecule has 2 heterocycles. The molecule has 29 heavy (non-hydrogen) atoms. The van der Waals surface area contributed by atoms with Crippen LogP contribution in [-0.2, 0) is 9.59 Å². The summed E-state index contributed by atoms with van der Waals surface area (Å²) in [5, 5.41) is 3.38. The van der Waals surface area contributed by atoms with Gasteiger partial charge in [-0.15, -0.1) is 24.8 Å². The maximum atomic E-state index is 13.3. The van der Waals surface area contributed by atoms with Gasteiger partial charge in [0, 0.05) is 51.3 Å². The second kappa shape index (κ2) is 11.6. The van der Waals surface area contributed by atoms with Crippen LogP contribution in [0.25, 0.3) is 0 Å². The predicted octanol–water partition coefficient (Wildman–Crippen LogP) is 1.42. The maximum absolute atomic E-state index is 13.3. The predicted molar refractivity (Wildman–Crippen MR) is 118 cm³/mol. The van der Waals surface area contributed by atoms with Crippen molar-refractivity contribution in [3.63, 3.8) is 0 Å². The molecule has 2 aliphatic heterocycles. The highest BCUT2D eigenvalue weighted by molar-refractivity contribution is 5.89. The van der Waals surface area contributed by atoms with E-state index in [4.69, 9.17) is 4.74 Å². The summed E-state index contributed by atoms with van der Waals surface area (Å²) in [7, 11) is 5.63. The Bertz CT molecular complexity index is 689. The molecule has 1 N–H and O–H groups in total. The Morgan fingerprint density at radius 3 is 2.69 bits per heavy atom. The number of hydrogen-bond acceptors (Lipinski definition) is 5. The van der Waals surface area contributed by atoms with E-state index in [0.29, 0.717) is 32.6 Å². The SMILES string of the molecule is COc1ccccc1C1CNCCN1C(=O)C1CC(=O)N(CCN(C)C)C1.Cl.Cl. The number of likely N-dealkylation sites (tertiary alicyclic amines) is 1. The number of benzene rings is 1. The van der Waals surface area contributed by atoms with E-state index >= 15 is 0 Å². The number of ether oxygens (including phenoxy) is 1. The van der Waals surface area contributed by atoms with Crippen LogP contribution in [-0.4, -0.2) is 87.0 Å². The molecule has 2 saturated heterocycles. The molecule has 9 heteroatoms. The van der Waals surface area contributed by atoms with Crippen LogP contribution in [0, 0.1) is 5.92 Å². The lowest BCUT2D eigenvalue weighted by Gasteiger charge is -2.38. The first-order valence-corrected chi connectivity index (χ1v) is 9.58. The molecule has 1 aromatic rings. The van der Waals surface area contributed by atoms with Gasteiger partial charge in [0.1, 0.15) is 5.75 Å². The van der Waals surface area contributed by atoms with Crippen LogP contribution in [0.4, 0.5) is 0 Å². The van der Waals surface area contributed by atoms with Crippen molar-refractivity contribution >= 4 is 36.6 Å². The standard InChI is InChI=1S/C20H30N4O3.2ClH/c1-22(2)10-11-23-14-15(12-19(23)25)20(26)24-9-8-21-13-17(24)16-6-4-5-7-18(16)27-3;;/h4-7,15,17,21H,8-14H2,1-3H3;2*1H. The molecule has 2 aliphatic rings. The van der Waals surface area contributed by atoms with E-state index in [-0.39, 0.29) is 48.6 Å². The third-order valence-corrected chi connectivity index (χ3v) is 5.41. The van der Waals surface area contributed by atoms with E-state index in [9.17, 15) is 9.59 Å². The first kappa shape index (κ1) is 25.5. The summed E-state index contributed by atoms with van der Waals surface area (Å²) < 4.78 is 5.51. The van der Waals surface area contributed by atoms with Crippen molar-refractivity contribution in [2.45, 2.75) is 12.5 Å². The van der Waals surface area contributed by atoms with Crippen LogP contribution < -0.4 is 10.1 Å². The largest absolute Gasteiger partial charge is 0.496 e. The van der Waals surface area contributed by atoms with Gasteiger partial charge >= 0.3 is 0 Å². The van der Waals surface area contributed by atoms with Gasteiger partial charge in [0.25, 0.3) is 0 Å². The topological polar surface area (TPSA) is 65.1 Å². The van der Waals surface area contributed by atoms with Crippen LogP contribution in [0.15, 0.2) is 24.3 Å². The minimum absolute atomic E-state index is 0. The summed E-state index contributed by atoms with van der Waals surface area (Å²) >= 11 is 0. The van der Waals surface area contributed by atoms with Crippen molar-refractivity contribution in [3.05, 3.63) is 29.8 Å². The molecule has 0 radical (unpaired) electrons. The van der Waals surface area contributed by atoms with Crippen LogP contribution in [0.2, 0.25) is 0 Å². The van der Waals surface area contributed by atoms with E-state index in [2.05, 4.69) is 10.2 Å². The normalized spacial score (nSPS) is 21.6. The third kappa shape index (κ3) is 5.98. The third-order valence-electron chi connectivity index (χ3n) is 5.41. The summed E-state index contributed by atoms with van der Waals surface area (Å²) in [4.78, 5) is 31.4. The summed E-state index contributed by atoms with van der Waals surface area (Å²) in [5.41, 5.74) is 1.01. The Hall–Kier alpha value is -1.54. The second-order valence-electron chi connectivity index (χ2n) is 7.54. The van der Waals surface area contributed by atoms with Gasteiger partial charge in [-0.2, -0.15) is 0 Å². The molecule has 7 nitrogen and oxygen atoms in total. The van der Waals surface area contributed by atoms with Crippen LogP contribution in [0.1, 0.15) is 18.0 Å². The molecule has 2 fully saturated rings. The minimum Gasteiger partial charge on any atom is -0.496 e. The number of methoxy groups -OCH3 is 1. The van der Waals surface area contributed by atoms with Crippen LogP contribution in [0.5, 0.6) is 5.75 Å². The van der Waals surface area contributed by atoms with Crippen molar-refractivity contribution in [1.82, 2.24) is 20.0 Å². The monoisotopic (exact) mass is 446 g/mol. The molecule has 164 valence electrons. The quantitative estimate of drug-likeness (QED) is 0.715. The molecule has 2 unspecified atom stereocenters. The molecule has 2 atom stereocenters. The molecule has 0 aromatic heterocycles. The number of carbonyl (C=O) groups excluding carboxylic acids is 2. The van der Waals surface area contributed by atoms with E-state index in [1.807, 2.05) is 48.2 Å². The van der Waals surface area contributed by atoms with Crippen molar-refractivity contribution < 1.29 is 14.3 Å². The second-order valence-corrected chi connectivity index (χ2v) is 7.54. The highest BCUT2D eigenvalue weighted by Crippen LogP contribution is 2.32. The van der Waals surface area contributed by atoms with Gasteiger partial charge in [-0.25, -0.2) is 0 Å². The van der Waals surface area contributed by atoms with Crippen molar-refractivity contribution in [2.75, 3.05) is 60.5 Å². The molecule has 1 aromatic carbocycles. The van der Waals surface area contributed by atoms with Gasteiger partial charge in [0.15, 0.2) is 0 Å². The first-order valence-electron chi connectivity index (χ1n) is 9.58. The molecular weight excluding hydrogens is 415 g/mol. The number of piperazine rings is 1. The fourth-order valence-electron chi connectivity index (χ4n) is 3.90. The van der Waals surface area contributed by atoms with Gasteiger partial charge < -0.3 is 24.8 Å². The van der Waals surface area contributed by atoms with E-state index in [1.165, 1.54) is 0 Å². The molecule has 3 rings (SSSR count). The average molecular weight is 447 g/mol. The molecule has 0 spiro atoms. The maximum Gasteiger partial charge on any atom is 0.228 e. The van der Waals surface area contributed by atoms with Crippen molar-refractivity contribution in [1.29, 1.82) is 0 Å². The Morgan fingerprint density at radius 1 is 1.28 bits per heavy atom. The fraction of sp³-hybridized carbons (Fsp3) is 0.600. The number of rotatable bonds is 6. The smallest absolute Gasteiger partial charge is 0.228 e. The Balaban J connectivity index is 0.00000210. The highest BCUT2D eigenvalue weighted by Gasteiger charge is 2.39. The molecule has 0 aliphatic carbocycles. The number of para-hydroxylation sites is 1. The van der Waals surface area contributed by atoms with Crippen molar-refractivity contribution in [2.24, 2.45) is 5.92 Å². The van der Waals surface area contributed by atoms with Crippen LogP contribution >= 0.6 is 24.8 Å². The van der Waals surface area contributed by atoms with Crippen LogP contribution in [0.3, 0.4) is 0 Å². The summed E-state index contributed by atoms with van der Waals surface area (Å²) in [6.07, 6.45) is 0.314. The number of nitrogens with one attached hydrogen (secondary N) is 1. The number of halogens is 2. The van der Waals surface area contributed by atoms with Gasteiger partial charge in [-0.05, 0) is 20.2 Å². The zero-order valence-corrected chi connectivity index (χ0v) is 18.9. The Morgan fingerprint density at radius 2 is 2.00 bits per heavy atom. The minimum atomic E-state index is -0.255. The van der Waals surface area contributed by atoms with E-state index in [0.717, 1.165) is 24.4 Å². The highest BCUT2D eigenvalue weighted by atomic mass is 35.5. The number of hydrogen-bond donors (Lipinski definition) is 1. The van der Waals surface area contributed by atoms with E-state index in [1.54, 1.807) is 7.11 Å². The molecule has 2 amide bonds. The van der Waals surface area contributed by atoms with Gasteiger partial charge in [-0.1, -0.05) is 18.2 Å². The Labute approximate surface area is 185 Å². The number of carbonyl (C=O) groups is 2. The number of nitrogens with zero attached hydrogens (tertiary/aromatic N) is 3. The molecule has 0 bridgehead atoms. The summed E-state index contributed by atoms with van der Waals surface area (Å²) in [6, 6.07) is 7.77.